The Balaban J connectivity index is 0.000000277. The predicted octanol–water partition coefficient (Wildman–Crippen LogP) is 4.12. The first kappa shape index (κ1) is 19.4. The number of nitrogens with zero attached hydrogens (tertiary/aromatic N) is 2. The maximum absolute atomic E-state index is 10.1. The summed E-state index contributed by atoms with van der Waals surface area (Å²) in [5.41, 5.74) is 3.03. The van der Waals surface area contributed by atoms with Gasteiger partial charge in [0.1, 0.15) is 5.75 Å². The fourth-order valence-corrected chi connectivity index (χ4v) is 1.95. The molecule has 1 aromatic rings. The lowest BCUT2D eigenvalue weighted by Crippen LogP contribution is -2.11. The van der Waals surface area contributed by atoms with Crippen molar-refractivity contribution in [3.05, 3.63) is 41.5 Å². The minimum absolute atomic E-state index is 0.214. The van der Waals surface area contributed by atoms with E-state index in [2.05, 4.69) is 11.7 Å². The fraction of sp³-hybridized carbons (Fsp3) is 0.333. The maximum atomic E-state index is 10.1. The molecule has 0 radical (unpaired) electrons. The fourth-order valence-electron chi connectivity index (χ4n) is 1.95. The van der Waals surface area contributed by atoms with E-state index in [0.29, 0.717) is 29.0 Å². The summed E-state index contributed by atoms with van der Waals surface area (Å²) in [7, 11) is 0. The third kappa shape index (κ3) is 5.55. The van der Waals surface area contributed by atoms with Gasteiger partial charge in [0.05, 0.1) is 11.4 Å². The first-order valence-corrected chi connectivity index (χ1v) is 7.73. The number of carboxylic acid groups (broad SMARTS) is 1. The molecule has 0 amide bonds. The van der Waals surface area contributed by atoms with Crippen molar-refractivity contribution in [2.45, 2.75) is 40.0 Å². The van der Waals surface area contributed by atoms with Gasteiger partial charge in [-0.05, 0) is 50.5 Å². The molecular formula is C18H24N2O4. The number of aromatic hydroxyl groups is 1. The number of benzene rings is 1. The molecule has 6 heteroatoms. The van der Waals surface area contributed by atoms with E-state index in [-0.39, 0.29) is 5.75 Å². The number of hydrazone groups is 1. The number of fused-ring (bicyclic) bond motifs is 1. The maximum Gasteiger partial charge on any atom is 0.330 e. The quantitative estimate of drug-likeness (QED) is 0.721. The molecule has 0 aromatic heterocycles. The molecule has 0 atom stereocenters. The summed E-state index contributed by atoms with van der Waals surface area (Å²) in [4.78, 5) is 10.1. The molecule has 0 unspecified atom stereocenters. The van der Waals surface area contributed by atoms with Crippen molar-refractivity contribution >= 4 is 23.4 Å². The van der Waals surface area contributed by atoms with Gasteiger partial charge in [0.25, 0.3) is 0 Å². The van der Waals surface area contributed by atoms with Crippen LogP contribution >= 0.6 is 0 Å². The van der Waals surface area contributed by atoms with E-state index in [1.54, 1.807) is 32.1 Å². The van der Waals surface area contributed by atoms with Gasteiger partial charge in [0, 0.05) is 11.1 Å². The van der Waals surface area contributed by atoms with Crippen molar-refractivity contribution in [2.75, 3.05) is 5.17 Å². The minimum atomic E-state index is -0.872. The molecule has 2 rings (SSSR count). The Morgan fingerprint density at radius 2 is 1.96 bits per heavy atom. The van der Waals surface area contributed by atoms with Crippen molar-refractivity contribution in [1.29, 1.82) is 0 Å². The second-order valence-corrected chi connectivity index (χ2v) is 5.57. The number of phenolic OH excluding ortho intramolecular Hbond substituents is 1. The Morgan fingerprint density at radius 1 is 1.29 bits per heavy atom. The van der Waals surface area contributed by atoms with Crippen LogP contribution in [0, 0.1) is 6.92 Å². The average Bonchev–Trinajstić information content (AvgIpc) is 2.65. The molecule has 1 heterocycles. The molecule has 3 N–H and O–H groups in total. The third-order valence-corrected chi connectivity index (χ3v) is 3.45. The number of hydrogen-bond donors (Lipinski definition) is 3. The van der Waals surface area contributed by atoms with Crippen LogP contribution in [-0.2, 0) is 4.79 Å². The summed E-state index contributed by atoms with van der Waals surface area (Å²) in [6, 6.07) is 3.30. The Kier molecular flexibility index (Phi) is 7.20. The van der Waals surface area contributed by atoms with Crippen LogP contribution in [0.3, 0.4) is 0 Å². The molecule has 1 aliphatic heterocycles. The smallest absolute Gasteiger partial charge is 0.330 e. The molecule has 0 bridgehead atoms. The highest BCUT2D eigenvalue weighted by molar-refractivity contribution is 5.98. The van der Waals surface area contributed by atoms with Gasteiger partial charge in [0.2, 0.25) is 0 Å². The van der Waals surface area contributed by atoms with Gasteiger partial charge in [-0.2, -0.15) is 5.10 Å². The van der Waals surface area contributed by atoms with Gasteiger partial charge in [-0.15, -0.1) is 5.17 Å². The number of carbonyl (C=O) groups is 1. The number of hydrogen-bond acceptors (Lipinski definition) is 5. The van der Waals surface area contributed by atoms with Crippen LogP contribution in [0.2, 0.25) is 0 Å². The number of anilines is 1. The zero-order valence-corrected chi connectivity index (χ0v) is 14.3. The minimum Gasteiger partial charge on any atom is -0.508 e. The largest absolute Gasteiger partial charge is 0.508 e. The number of unbranched alkanes of at least 4 members (excludes halogenated alkanes) is 1. The third-order valence-electron chi connectivity index (χ3n) is 3.45. The van der Waals surface area contributed by atoms with Crippen LogP contribution in [0.15, 0.2) is 35.5 Å². The van der Waals surface area contributed by atoms with Gasteiger partial charge >= 0.3 is 5.97 Å². The zero-order valence-electron chi connectivity index (χ0n) is 14.3. The second kappa shape index (κ2) is 8.88. The van der Waals surface area contributed by atoms with Gasteiger partial charge in [0.15, 0.2) is 0 Å². The molecule has 0 saturated carbocycles. The van der Waals surface area contributed by atoms with Crippen molar-refractivity contribution in [1.82, 2.24) is 0 Å². The van der Waals surface area contributed by atoms with Crippen molar-refractivity contribution in [3.63, 3.8) is 0 Å². The number of rotatable bonds is 4. The van der Waals surface area contributed by atoms with E-state index in [1.165, 1.54) is 0 Å². The molecule has 24 heavy (non-hydrogen) atoms. The molecule has 0 spiro atoms. The zero-order chi connectivity index (χ0) is 18.3. The van der Waals surface area contributed by atoms with E-state index in [0.717, 1.165) is 23.6 Å². The summed E-state index contributed by atoms with van der Waals surface area (Å²) in [5.74, 6) is -0.658. The normalized spacial score (nSPS) is 12.5. The summed E-state index contributed by atoms with van der Waals surface area (Å²) < 4.78 is 0. The Morgan fingerprint density at radius 3 is 2.54 bits per heavy atom. The molecule has 1 aliphatic rings. The second-order valence-electron chi connectivity index (χ2n) is 5.57. The molecule has 6 nitrogen and oxygen atoms in total. The highest BCUT2D eigenvalue weighted by Crippen LogP contribution is 2.30. The number of phenols is 1. The summed E-state index contributed by atoms with van der Waals surface area (Å²) in [5, 5.41) is 32.3. The molecule has 1 aromatic carbocycles. The van der Waals surface area contributed by atoms with E-state index in [4.69, 9.17) is 5.11 Å². The summed E-state index contributed by atoms with van der Waals surface area (Å²) in [6.07, 6.45) is 6.15. The highest BCUT2D eigenvalue weighted by atomic mass is 16.5. The molecule has 0 saturated heterocycles. The van der Waals surface area contributed by atoms with E-state index < -0.39 is 5.97 Å². The number of carboxylic acids is 1. The van der Waals surface area contributed by atoms with Crippen LogP contribution < -0.4 is 5.17 Å². The monoisotopic (exact) mass is 332 g/mol. The lowest BCUT2D eigenvalue weighted by atomic mass is 10.1. The number of aliphatic carboxylic acids is 1. The van der Waals surface area contributed by atoms with E-state index in [1.807, 2.05) is 13.0 Å². The molecule has 0 fully saturated rings. The Hall–Kier alpha value is -2.60. The molecule has 0 aliphatic carbocycles. The van der Waals surface area contributed by atoms with Crippen LogP contribution in [0.25, 0.3) is 6.08 Å². The van der Waals surface area contributed by atoms with Crippen molar-refractivity contribution in [3.8, 4) is 5.75 Å². The van der Waals surface area contributed by atoms with Gasteiger partial charge in [-0.1, -0.05) is 26.0 Å². The average molecular weight is 332 g/mol. The standard InChI is InChI=1S/C11H12N2O2.C7H12O2/c1-7-5-10-9(6-11(7)14)4-3-8(2)12-13(10)15;1-3-4-5-6(2)7(8)9/h3-6,14-15H,1-2H3;2-5H2,1H3,(H,8,9). The SMILES string of the molecule is C=C(CCCC)C(=O)O.CC1=NN(O)c2cc(C)c(O)cc2C=C1. The molecule has 130 valence electrons. The molecular weight excluding hydrogens is 308 g/mol. The Labute approximate surface area is 142 Å². The first-order chi connectivity index (χ1) is 11.3. The topological polar surface area (TPSA) is 93.4 Å². The van der Waals surface area contributed by atoms with Crippen LogP contribution in [0.1, 0.15) is 44.2 Å². The van der Waals surface area contributed by atoms with E-state index in [9.17, 15) is 15.1 Å². The lowest BCUT2D eigenvalue weighted by Gasteiger charge is -2.13. The van der Waals surface area contributed by atoms with Crippen molar-refractivity contribution < 1.29 is 20.2 Å². The predicted molar refractivity (Wildman–Crippen MR) is 95.6 cm³/mol. The Bertz CT molecular complexity index is 678. The van der Waals surface area contributed by atoms with Gasteiger partial charge in [-0.25, -0.2) is 4.79 Å². The van der Waals surface area contributed by atoms with Gasteiger partial charge < -0.3 is 10.2 Å². The van der Waals surface area contributed by atoms with Gasteiger partial charge in [-0.3, -0.25) is 5.21 Å². The first-order valence-electron chi connectivity index (χ1n) is 7.73. The number of allylic oxidation sites excluding steroid dienone is 1. The highest BCUT2D eigenvalue weighted by Gasteiger charge is 2.12. The van der Waals surface area contributed by atoms with E-state index >= 15 is 0 Å². The van der Waals surface area contributed by atoms with Crippen LogP contribution in [0.4, 0.5) is 5.69 Å². The summed E-state index contributed by atoms with van der Waals surface area (Å²) in [6.45, 7) is 8.98. The van der Waals surface area contributed by atoms with Crippen molar-refractivity contribution in [2.24, 2.45) is 5.10 Å². The lowest BCUT2D eigenvalue weighted by molar-refractivity contribution is -0.132. The van der Waals surface area contributed by atoms with Crippen LogP contribution in [-0.4, -0.2) is 27.1 Å². The number of aryl methyl sites for hydroxylation is 1. The summed E-state index contributed by atoms with van der Waals surface area (Å²) >= 11 is 0. The van der Waals surface area contributed by atoms with Crippen LogP contribution in [0.5, 0.6) is 5.75 Å².